The van der Waals surface area contributed by atoms with Crippen molar-refractivity contribution in [2.45, 2.75) is 63.5 Å². The van der Waals surface area contributed by atoms with E-state index < -0.39 is 0 Å². The molecule has 1 amide bonds. The summed E-state index contributed by atoms with van der Waals surface area (Å²) in [6.07, 6.45) is 7.78. The quantitative estimate of drug-likeness (QED) is 0.285. The lowest BCUT2D eigenvalue weighted by atomic mass is 9.86. The van der Waals surface area contributed by atoms with Crippen molar-refractivity contribution in [2.75, 3.05) is 52.1 Å². The highest BCUT2D eigenvalue weighted by Crippen LogP contribution is 2.30. The molecule has 4 heterocycles. The Kier molecular flexibility index (Phi) is 9.14. The molecule has 4 saturated heterocycles. The van der Waals surface area contributed by atoms with Gasteiger partial charge in [-0.2, -0.15) is 0 Å². The van der Waals surface area contributed by atoms with Gasteiger partial charge in [0.1, 0.15) is 11.9 Å². The molecule has 1 aromatic carbocycles. The second kappa shape index (κ2) is 12.3. The van der Waals surface area contributed by atoms with Crippen LogP contribution >= 0.6 is 11.6 Å². The predicted octanol–water partition coefficient (Wildman–Crippen LogP) is 3.32. The highest BCUT2D eigenvalue weighted by molar-refractivity contribution is 6.33. The van der Waals surface area contributed by atoms with Crippen LogP contribution in [0.5, 0.6) is 5.75 Å². The van der Waals surface area contributed by atoms with E-state index in [1.807, 2.05) is 0 Å². The molecule has 0 radical (unpaired) electrons. The highest BCUT2D eigenvalue weighted by atomic mass is 35.5. The van der Waals surface area contributed by atoms with Gasteiger partial charge in [-0.1, -0.05) is 18.0 Å². The fraction of sp³-hybridized carbons (Fsp3) is 0.692. The first-order valence-corrected chi connectivity index (χ1v) is 13.4. The van der Waals surface area contributed by atoms with Gasteiger partial charge in [0, 0.05) is 38.2 Å². The Labute approximate surface area is 213 Å². The summed E-state index contributed by atoms with van der Waals surface area (Å²) in [4.78, 5) is 29.9. The molecule has 3 N–H and O–H groups in total. The number of ether oxygens (including phenoxy) is 2. The first-order chi connectivity index (χ1) is 16.9. The smallest absolute Gasteiger partial charge is 0.306 e. The molecule has 0 aromatic heterocycles. The van der Waals surface area contributed by atoms with E-state index in [0.29, 0.717) is 34.4 Å². The Hall–Kier alpha value is -2.03. The van der Waals surface area contributed by atoms with E-state index in [4.69, 9.17) is 26.8 Å². The van der Waals surface area contributed by atoms with Crippen LogP contribution in [0, 0.1) is 5.92 Å². The fourth-order valence-corrected chi connectivity index (χ4v) is 5.70. The standard InChI is InChI=1S/C26H39ClN4O4/c1-34-23-16-22(28)21(27)15-20(23)26(33)29-19-8-13-30(14-9-19)10-4-2-3-5-25(32)35-24-17-31-11-6-18(24)7-12-31/h15-16,18-19,24H,2-14,17,28H2,1H3,(H,29,33)/t24-/m0/s1. The predicted molar refractivity (Wildman–Crippen MR) is 137 cm³/mol. The van der Waals surface area contributed by atoms with Crippen LogP contribution in [0.4, 0.5) is 5.69 Å². The third-order valence-electron chi connectivity index (χ3n) is 7.72. The molecular weight excluding hydrogens is 468 g/mol. The summed E-state index contributed by atoms with van der Waals surface area (Å²) >= 11 is 6.10. The van der Waals surface area contributed by atoms with Crippen LogP contribution in [0.25, 0.3) is 0 Å². The maximum absolute atomic E-state index is 12.8. The highest BCUT2D eigenvalue weighted by Gasteiger charge is 2.36. The number of unbranched alkanes of at least 4 members (excludes halogenated alkanes) is 2. The van der Waals surface area contributed by atoms with Crippen molar-refractivity contribution >= 4 is 29.2 Å². The van der Waals surface area contributed by atoms with Crippen LogP contribution in [-0.2, 0) is 9.53 Å². The summed E-state index contributed by atoms with van der Waals surface area (Å²) in [5, 5.41) is 3.46. The molecule has 5 rings (SSSR count). The van der Waals surface area contributed by atoms with E-state index in [1.54, 1.807) is 12.1 Å². The van der Waals surface area contributed by atoms with Gasteiger partial charge >= 0.3 is 5.97 Å². The van der Waals surface area contributed by atoms with E-state index in [-0.39, 0.29) is 24.0 Å². The SMILES string of the molecule is COc1cc(N)c(Cl)cc1C(=O)NC1CCN(CCCCCC(=O)O[C@H]2CN3CCC2CC3)CC1. The lowest BCUT2D eigenvalue weighted by molar-refractivity contribution is -0.158. The second-order valence-corrected chi connectivity index (χ2v) is 10.5. The molecule has 0 saturated carbocycles. The summed E-state index contributed by atoms with van der Waals surface area (Å²) in [5.74, 6) is 0.782. The molecule has 0 unspecified atom stereocenters. The molecule has 9 heteroatoms. The Bertz CT molecular complexity index is 882. The Balaban J connectivity index is 1.08. The molecule has 35 heavy (non-hydrogen) atoms. The number of halogens is 1. The molecule has 2 bridgehead atoms. The van der Waals surface area contributed by atoms with Crippen molar-refractivity contribution in [3.05, 3.63) is 22.7 Å². The Morgan fingerprint density at radius 3 is 2.49 bits per heavy atom. The van der Waals surface area contributed by atoms with Crippen LogP contribution in [-0.4, -0.2) is 80.2 Å². The lowest BCUT2D eigenvalue weighted by Gasteiger charge is -2.43. The molecule has 0 spiro atoms. The Morgan fingerprint density at radius 1 is 1.09 bits per heavy atom. The van der Waals surface area contributed by atoms with Crippen LogP contribution in [0.15, 0.2) is 12.1 Å². The number of benzene rings is 1. The third-order valence-corrected chi connectivity index (χ3v) is 8.05. The number of hydrogen-bond donors (Lipinski definition) is 2. The first-order valence-electron chi connectivity index (χ1n) is 13.0. The molecule has 4 aliphatic heterocycles. The van der Waals surface area contributed by atoms with Crippen LogP contribution in [0.2, 0.25) is 5.02 Å². The van der Waals surface area contributed by atoms with Gasteiger partial charge in [0.2, 0.25) is 0 Å². The number of nitrogens with two attached hydrogens (primary N) is 1. The number of likely N-dealkylation sites (tertiary alicyclic amines) is 1. The van der Waals surface area contributed by atoms with Gasteiger partial charge in [0.15, 0.2) is 0 Å². The number of hydrogen-bond acceptors (Lipinski definition) is 7. The number of methoxy groups -OCH3 is 1. The van der Waals surface area contributed by atoms with Gasteiger partial charge in [-0.25, -0.2) is 0 Å². The number of esters is 1. The van der Waals surface area contributed by atoms with Crippen molar-refractivity contribution < 1.29 is 19.1 Å². The number of anilines is 1. The number of rotatable bonds is 10. The van der Waals surface area contributed by atoms with E-state index in [1.165, 1.54) is 20.0 Å². The first kappa shape index (κ1) is 26.0. The number of nitrogens with one attached hydrogen (secondary N) is 1. The van der Waals surface area contributed by atoms with Gasteiger partial charge in [-0.15, -0.1) is 0 Å². The minimum absolute atomic E-state index is 0.0284. The summed E-state index contributed by atoms with van der Waals surface area (Å²) < 4.78 is 11.1. The molecule has 1 aromatic rings. The fourth-order valence-electron chi connectivity index (χ4n) is 5.53. The number of nitrogens with zero attached hydrogens (tertiary/aromatic N) is 2. The van der Waals surface area contributed by atoms with E-state index in [0.717, 1.165) is 71.4 Å². The maximum atomic E-state index is 12.8. The number of nitrogen functional groups attached to an aromatic ring is 1. The monoisotopic (exact) mass is 506 g/mol. The van der Waals surface area contributed by atoms with Gasteiger partial charge in [-0.05, 0) is 70.1 Å². The van der Waals surface area contributed by atoms with Crippen LogP contribution in [0.3, 0.4) is 0 Å². The van der Waals surface area contributed by atoms with Crippen molar-refractivity contribution in [2.24, 2.45) is 5.92 Å². The molecule has 8 nitrogen and oxygen atoms in total. The number of carbonyl (C=O) groups is 2. The average molecular weight is 507 g/mol. The zero-order valence-electron chi connectivity index (χ0n) is 20.8. The van der Waals surface area contributed by atoms with Gasteiger partial charge in [0.05, 0.1) is 23.4 Å². The average Bonchev–Trinajstić information content (AvgIpc) is 2.87. The molecule has 0 aliphatic carbocycles. The number of amides is 1. The summed E-state index contributed by atoms with van der Waals surface area (Å²) in [6, 6.07) is 3.27. The van der Waals surface area contributed by atoms with E-state index in [2.05, 4.69) is 15.1 Å². The molecular formula is C26H39ClN4O4. The van der Waals surface area contributed by atoms with Crippen molar-refractivity contribution in [3.63, 3.8) is 0 Å². The summed E-state index contributed by atoms with van der Waals surface area (Å²) in [7, 11) is 1.51. The Morgan fingerprint density at radius 2 is 1.83 bits per heavy atom. The minimum Gasteiger partial charge on any atom is -0.496 e. The summed E-state index contributed by atoms with van der Waals surface area (Å²) in [5.41, 5.74) is 6.61. The lowest BCUT2D eigenvalue weighted by Crippen LogP contribution is -2.51. The van der Waals surface area contributed by atoms with Gasteiger partial charge in [-0.3, -0.25) is 14.5 Å². The molecule has 194 valence electrons. The normalized spacial score (nSPS) is 24.8. The molecule has 4 fully saturated rings. The minimum atomic E-state index is -0.188. The maximum Gasteiger partial charge on any atom is 0.306 e. The second-order valence-electron chi connectivity index (χ2n) is 10.1. The zero-order chi connectivity index (χ0) is 24.8. The number of piperidine rings is 4. The zero-order valence-corrected chi connectivity index (χ0v) is 21.5. The van der Waals surface area contributed by atoms with Crippen LogP contribution < -0.4 is 15.8 Å². The third kappa shape index (κ3) is 7.02. The number of fused-ring (bicyclic) bond motifs is 3. The van der Waals surface area contributed by atoms with Gasteiger partial charge in [0.25, 0.3) is 5.91 Å². The van der Waals surface area contributed by atoms with Crippen molar-refractivity contribution in [1.82, 2.24) is 15.1 Å². The molecule has 1 atom stereocenters. The van der Waals surface area contributed by atoms with E-state index in [9.17, 15) is 9.59 Å². The van der Waals surface area contributed by atoms with Crippen LogP contribution in [0.1, 0.15) is 61.7 Å². The number of carbonyl (C=O) groups excluding carboxylic acids is 2. The van der Waals surface area contributed by atoms with Gasteiger partial charge < -0.3 is 25.4 Å². The van der Waals surface area contributed by atoms with E-state index >= 15 is 0 Å². The molecule has 4 aliphatic rings. The largest absolute Gasteiger partial charge is 0.496 e. The summed E-state index contributed by atoms with van der Waals surface area (Å²) in [6.45, 7) is 6.17. The van der Waals surface area contributed by atoms with Crippen molar-refractivity contribution in [3.8, 4) is 5.75 Å². The van der Waals surface area contributed by atoms with Crippen molar-refractivity contribution in [1.29, 1.82) is 0 Å². The topological polar surface area (TPSA) is 97.1 Å².